The van der Waals surface area contributed by atoms with Gasteiger partial charge in [0.1, 0.15) is 11.5 Å². The van der Waals surface area contributed by atoms with E-state index in [1.165, 1.54) is 10.8 Å². The van der Waals surface area contributed by atoms with Crippen LogP contribution in [0.1, 0.15) is 64.5 Å². The van der Waals surface area contributed by atoms with E-state index in [0.717, 1.165) is 18.4 Å². The number of rotatable bonds is 6. The third-order valence-corrected chi connectivity index (χ3v) is 6.14. The van der Waals surface area contributed by atoms with E-state index < -0.39 is 5.91 Å². The number of amides is 3. The molecule has 4 rings (SSSR count). The maximum atomic E-state index is 12.7. The number of pyridine rings is 1. The highest BCUT2D eigenvalue weighted by molar-refractivity contribution is 6.04. The monoisotopic (exact) mass is 487 g/mol. The smallest absolute Gasteiger partial charge is 0.269 e. The molecule has 1 fully saturated rings. The largest absolute Gasteiger partial charge is 0.364 e. The van der Waals surface area contributed by atoms with Crippen molar-refractivity contribution in [1.82, 2.24) is 19.5 Å². The van der Waals surface area contributed by atoms with Gasteiger partial charge in [-0.15, -0.1) is 0 Å². The number of primary amides is 1. The molecule has 36 heavy (non-hydrogen) atoms. The number of aromatic nitrogens is 3. The molecule has 10 nitrogen and oxygen atoms in total. The van der Waals surface area contributed by atoms with Crippen LogP contribution in [0.3, 0.4) is 0 Å². The summed E-state index contributed by atoms with van der Waals surface area (Å²) in [5.74, 6) is 5.97. The molecule has 186 valence electrons. The van der Waals surface area contributed by atoms with E-state index in [0.29, 0.717) is 41.4 Å². The lowest BCUT2D eigenvalue weighted by molar-refractivity contribution is -0.130. The van der Waals surface area contributed by atoms with Crippen LogP contribution in [-0.2, 0) is 4.79 Å². The van der Waals surface area contributed by atoms with Crippen molar-refractivity contribution in [3.63, 3.8) is 0 Å². The van der Waals surface area contributed by atoms with Crippen LogP contribution in [0.2, 0.25) is 0 Å². The molecule has 0 bridgehead atoms. The summed E-state index contributed by atoms with van der Waals surface area (Å²) in [6.07, 6.45) is 7.27. The maximum Gasteiger partial charge on any atom is 0.269 e. The van der Waals surface area contributed by atoms with E-state index in [1.54, 1.807) is 54.4 Å². The fraction of sp³-hybridized carbons (Fsp3) is 0.269. The predicted octanol–water partition coefficient (Wildman–Crippen LogP) is 2.95. The summed E-state index contributed by atoms with van der Waals surface area (Å²) in [7, 11) is 0. The summed E-state index contributed by atoms with van der Waals surface area (Å²) in [6, 6.07) is 9.85. The van der Waals surface area contributed by atoms with Crippen molar-refractivity contribution in [2.75, 3.05) is 17.7 Å². The number of piperidine rings is 1. The Hall–Kier alpha value is -4.47. The van der Waals surface area contributed by atoms with E-state index in [1.807, 2.05) is 13.0 Å². The first-order chi connectivity index (χ1) is 17.3. The molecule has 1 aliphatic heterocycles. The molecule has 0 unspecified atom stereocenters. The Bertz CT molecular complexity index is 1330. The average Bonchev–Trinajstić information content (AvgIpc) is 3.21. The molecule has 5 N–H and O–H groups in total. The Morgan fingerprint density at radius 1 is 1.14 bits per heavy atom. The lowest BCUT2D eigenvalue weighted by Crippen LogP contribution is -2.39. The molecule has 0 saturated carbocycles. The molecular formula is C26H29N7O3. The number of carbonyl (C=O) groups excluding carboxylic acids is 3. The number of nitrogen functional groups attached to an aromatic ring is 1. The first kappa shape index (κ1) is 24.6. The summed E-state index contributed by atoms with van der Waals surface area (Å²) in [5.41, 5.74) is 7.97. The van der Waals surface area contributed by atoms with E-state index >= 15 is 0 Å². The first-order valence-corrected chi connectivity index (χ1v) is 11.8. The SMILES string of the molecule is C/C=C/C(=O)N1CCCC[C@H]1c1nc(-c2ccc(C(=O)Nc3cc(C)ccn3)cc2)c(C(N)=O)n1N. The molecule has 1 aliphatic rings. The van der Waals surface area contributed by atoms with Crippen LogP contribution in [0.5, 0.6) is 0 Å². The number of nitrogens with one attached hydrogen (secondary N) is 1. The van der Waals surface area contributed by atoms with Gasteiger partial charge in [0.25, 0.3) is 11.8 Å². The third-order valence-electron chi connectivity index (χ3n) is 6.14. The van der Waals surface area contributed by atoms with Crippen molar-refractivity contribution >= 4 is 23.5 Å². The molecule has 0 spiro atoms. The Morgan fingerprint density at radius 3 is 2.56 bits per heavy atom. The van der Waals surface area contributed by atoms with Gasteiger partial charge in [0, 0.05) is 23.9 Å². The van der Waals surface area contributed by atoms with Gasteiger partial charge >= 0.3 is 0 Å². The Labute approximate surface area is 209 Å². The number of benzene rings is 1. The van der Waals surface area contributed by atoms with Gasteiger partial charge in [0.15, 0.2) is 11.5 Å². The van der Waals surface area contributed by atoms with Gasteiger partial charge in [-0.2, -0.15) is 0 Å². The first-order valence-electron chi connectivity index (χ1n) is 11.8. The summed E-state index contributed by atoms with van der Waals surface area (Å²) in [4.78, 5) is 48.2. The van der Waals surface area contributed by atoms with E-state index in [2.05, 4.69) is 15.3 Å². The Kier molecular flexibility index (Phi) is 7.14. The average molecular weight is 488 g/mol. The van der Waals surface area contributed by atoms with E-state index in [-0.39, 0.29) is 23.6 Å². The predicted molar refractivity (Wildman–Crippen MR) is 136 cm³/mol. The van der Waals surface area contributed by atoms with Gasteiger partial charge < -0.3 is 21.8 Å². The van der Waals surface area contributed by atoms with Crippen LogP contribution in [-0.4, -0.2) is 43.8 Å². The van der Waals surface area contributed by atoms with Crippen LogP contribution >= 0.6 is 0 Å². The molecule has 1 atom stereocenters. The zero-order chi connectivity index (χ0) is 25.8. The Balaban J connectivity index is 1.65. The molecule has 1 aromatic carbocycles. The fourth-order valence-electron chi connectivity index (χ4n) is 4.40. The van der Waals surface area contributed by atoms with Crippen LogP contribution in [0.25, 0.3) is 11.3 Å². The second-order valence-electron chi connectivity index (χ2n) is 8.69. The molecule has 0 radical (unpaired) electrons. The van der Waals surface area contributed by atoms with Crippen LogP contribution in [0.15, 0.2) is 54.7 Å². The molecular weight excluding hydrogens is 458 g/mol. The van der Waals surface area contributed by atoms with Gasteiger partial charge in [-0.3, -0.25) is 14.4 Å². The maximum absolute atomic E-state index is 12.7. The molecule has 10 heteroatoms. The number of hydrogen-bond donors (Lipinski definition) is 3. The zero-order valence-corrected chi connectivity index (χ0v) is 20.3. The molecule has 2 aromatic heterocycles. The number of imidazole rings is 1. The van der Waals surface area contributed by atoms with Crippen LogP contribution in [0.4, 0.5) is 5.82 Å². The number of allylic oxidation sites excluding steroid dienone is 1. The molecule has 3 aromatic rings. The lowest BCUT2D eigenvalue weighted by atomic mass is 10.0. The van der Waals surface area contributed by atoms with Crippen molar-refractivity contribution in [1.29, 1.82) is 0 Å². The number of hydrogen-bond acceptors (Lipinski definition) is 6. The highest BCUT2D eigenvalue weighted by Gasteiger charge is 2.33. The molecule has 0 aliphatic carbocycles. The summed E-state index contributed by atoms with van der Waals surface area (Å²) in [6.45, 7) is 4.27. The summed E-state index contributed by atoms with van der Waals surface area (Å²) >= 11 is 0. The minimum absolute atomic E-state index is 0.0372. The Morgan fingerprint density at radius 2 is 1.89 bits per heavy atom. The number of likely N-dealkylation sites (tertiary alicyclic amines) is 1. The third kappa shape index (κ3) is 4.97. The van der Waals surface area contributed by atoms with Crippen LogP contribution in [0, 0.1) is 6.92 Å². The van der Waals surface area contributed by atoms with Crippen molar-refractivity contribution < 1.29 is 14.4 Å². The number of nitrogens with two attached hydrogens (primary N) is 2. The minimum Gasteiger partial charge on any atom is -0.364 e. The van der Waals surface area contributed by atoms with Gasteiger partial charge in [-0.05, 0) is 69.0 Å². The van der Waals surface area contributed by atoms with Gasteiger partial charge in [0.05, 0.1) is 6.04 Å². The molecule has 3 heterocycles. The van der Waals surface area contributed by atoms with E-state index in [9.17, 15) is 14.4 Å². The number of carbonyl (C=O) groups is 3. The van der Waals surface area contributed by atoms with Gasteiger partial charge in [-0.25, -0.2) is 14.6 Å². The van der Waals surface area contributed by atoms with Crippen molar-refractivity contribution in [2.24, 2.45) is 5.73 Å². The second kappa shape index (κ2) is 10.4. The highest BCUT2D eigenvalue weighted by Crippen LogP contribution is 2.33. The second-order valence-corrected chi connectivity index (χ2v) is 8.69. The normalized spacial score (nSPS) is 15.7. The molecule has 1 saturated heterocycles. The fourth-order valence-corrected chi connectivity index (χ4v) is 4.40. The van der Waals surface area contributed by atoms with Crippen molar-refractivity contribution in [3.05, 3.63) is 77.4 Å². The standard InChI is InChI=1S/C26H29N7O3/c1-3-6-21(34)32-14-5-4-7-19(32)25-31-22(23(24(27)35)33(25)28)17-8-10-18(11-9-17)26(36)30-20-15-16(2)12-13-29-20/h3,6,8-13,15,19H,4-5,7,14,28H2,1-2H3,(H2,27,35)(H,29,30,36)/b6-3+/t19-/m0/s1. The van der Waals surface area contributed by atoms with Crippen molar-refractivity contribution in [2.45, 2.75) is 39.2 Å². The summed E-state index contributed by atoms with van der Waals surface area (Å²) < 4.78 is 1.19. The number of anilines is 1. The topological polar surface area (TPSA) is 149 Å². The van der Waals surface area contributed by atoms with Crippen LogP contribution < -0.4 is 16.9 Å². The minimum atomic E-state index is -0.735. The molecule has 3 amide bonds. The van der Waals surface area contributed by atoms with Crippen molar-refractivity contribution in [3.8, 4) is 11.3 Å². The lowest BCUT2D eigenvalue weighted by Gasteiger charge is -2.34. The van der Waals surface area contributed by atoms with Gasteiger partial charge in [-0.1, -0.05) is 18.2 Å². The number of aryl methyl sites for hydroxylation is 1. The highest BCUT2D eigenvalue weighted by atomic mass is 16.2. The zero-order valence-electron chi connectivity index (χ0n) is 20.3. The summed E-state index contributed by atoms with van der Waals surface area (Å²) in [5, 5.41) is 2.76. The van der Waals surface area contributed by atoms with E-state index in [4.69, 9.17) is 11.6 Å². The van der Waals surface area contributed by atoms with Gasteiger partial charge in [0.2, 0.25) is 5.91 Å². The number of nitrogens with zero attached hydrogens (tertiary/aromatic N) is 4. The quantitative estimate of drug-likeness (QED) is 0.359.